The molecule has 0 amide bonds. The molecule has 0 aliphatic heterocycles. The Morgan fingerprint density at radius 1 is 1.40 bits per heavy atom. The molecule has 0 unspecified atom stereocenters. The van der Waals surface area contributed by atoms with Gasteiger partial charge in [0.2, 0.25) is 0 Å². The minimum absolute atomic E-state index is 0.398. The monoisotopic (exact) mass is 221 g/mol. The van der Waals surface area contributed by atoms with E-state index in [1.54, 1.807) is 6.20 Å². The first-order valence-corrected chi connectivity index (χ1v) is 5.69. The SMILES string of the molecule is NC(=S)c1ccc(NC2CCCC2)nc1. The maximum atomic E-state index is 5.50. The average molecular weight is 221 g/mol. The topological polar surface area (TPSA) is 50.9 Å². The Labute approximate surface area is 95.1 Å². The number of anilines is 1. The molecule has 15 heavy (non-hydrogen) atoms. The molecule has 1 heterocycles. The summed E-state index contributed by atoms with van der Waals surface area (Å²) in [5, 5.41) is 3.41. The molecule has 0 bridgehead atoms. The van der Waals surface area contributed by atoms with E-state index in [1.807, 2.05) is 12.1 Å². The minimum Gasteiger partial charge on any atom is -0.389 e. The number of thiocarbonyl (C=S) groups is 1. The van der Waals surface area contributed by atoms with Gasteiger partial charge < -0.3 is 11.1 Å². The van der Waals surface area contributed by atoms with Gasteiger partial charge >= 0.3 is 0 Å². The molecule has 2 rings (SSSR count). The van der Waals surface area contributed by atoms with E-state index in [2.05, 4.69) is 10.3 Å². The lowest BCUT2D eigenvalue weighted by Crippen LogP contribution is -2.16. The van der Waals surface area contributed by atoms with Crippen molar-refractivity contribution in [1.82, 2.24) is 4.98 Å². The fourth-order valence-corrected chi connectivity index (χ4v) is 2.03. The van der Waals surface area contributed by atoms with Crippen molar-refractivity contribution in [3.63, 3.8) is 0 Å². The number of hydrogen-bond acceptors (Lipinski definition) is 3. The summed E-state index contributed by atoms with van der Waals surface area (Å²) >= 11 is 4.87. The molecule has 0 spiro atoms. The summed E-state index contributed by atoms with van der Waals surface area (Å²) in [4.78, 5) is 4.68. The zero-order valence-electron chi connectivity index (χ0n) is 8.57. The van der Waals surface area contributed by atoms with E-state index in [0.29, 0.717) is 11.0 Å². The molecule has 1 aromatic rings. The molecule has 80 valence electrons. The highest BCUT2D eigenvalue weighted by Gasteiger charge is 2.14. The zero-order valence-corrected chi connectivity index (χ0v) is 9.39. The summed E-state index contributed by atoms with van der Waals surface area (Å²) in [7, 11) is 0. The molecule has 0 radical (unpaired) electrons. The summed E-state index contributed by atoms with van der Waals surface area (Å²) in [6.45, 7) is 0. The van der Waals surface area contributed by atoms with Crippen LogP contribution in [-0.2, 0) is 0 Å². The van der Waals surface area contributed by atoms with Gasteiger partial charge in [0.15, 0.2) is 0 Å². The summed E-state index contributed by atoms with van der Waals surface area (Å²) in [5.74, 6) is 0.918. The number of hydrogen-bond donors (Lipinski definition) is 2. The Morgan fingerprint density at radius 3 is 2.67 bits per heavy atom. The second-order valence-corrected chi connectivity index (χ2v) is 4.36. The average Bonchev–Trinajstić information content (AvgIpc) is 2.71. The zero-order chi connectivity index (χ0) is 10.7. The number of pyridine rings is 1. The fourth-order valence-electron chi connectivity index (χ4n) is 1.90. The summed E-state index contributed by atoms with van der Waals surface area (Å²) < 4.78 is 0. The van der Waals surface area contributed by atoms with Crippen LogP contribution in [0.1, 0.15) is 31.2 Å². The van der Waals surface area contributed by atoms with Crippen molar-refractivity contribution in [2.24, 2.45) is 5.73 Å². The predicted octanol–water partition coefficient (Wildman–Crippen LogP) is 2.07. The maximum absolute atomic E-state index is 5.50. The van der Waals surface area contributed by atoms with E-state index in [0.717, 1.165) is 11.4 Å². The van der Waals surface area contributed by atoms with Gasteiger partial charge in [-0.15, -0.1) is 0 Å². The van der Waals surface area contributed by atoms with Gasteiger partial charge in [0.05, 0.1) is 0 Å². The standard InChI is InChI=1S/C11H15N3S/c12-11(15)8-5-6-10(13-7-8)14-9-3-1-2-4-9/h5-7,9H,1-4H2,(H2,12,15)(H,13,14). The quantitative estimate of drug-likeness (QED) is 0.767. The van der Waals surface area contributed by atoms with Crippen LogP contribution in [0.3, 0.4) is 0 Å². The smallest absolute Gasteiger partial charge is 0.126 e. The van der Waals surface area contributed by atoms with Crippen LogP contribution in [-0.4, -0.2) is 16.0 Å². The number of nitrogens with one attached hydrogen (secondary N) is 1. The Balaban J connectivity index is 2.00. The molecule has 1 fully saturated rings. The third-order valence-electron chi connectivity index (χ3n) is 2.76. The number of nitrogens with two attached hydrogens (primary N) is 1. The number of nitrogens with zero attached hydrogens (tertiary/aromatic N) is 1. The van der Waals surface area contributed by atoms with E-state index in [4.69, 9.17) is 18.0 Å². The third kappa shape index (κ3) is 2.65. The number of aromatic nitrogens is 1. The van der Waals surface area contributed by atoms with Crippen LogP contribution in [0, 0.1) is 0 Å². The second-order valence-electron chi connectivity index (χ2n) is 3.92. The lowest BCUT2D eigenvalue weighted by molar-refractivity contribution is 0.750. The molecule has 1 aromatic heterocycles. The molecule has 1 saturated carbocycles. The van der Waals surface area contributed by atoms with Crippen LogP contribution in [0.4, 0.5) is 5.82 Å². The van der Waals surface area contributed by atoms with E-state index in [-0.39, 0.29) is 0 Å². The lowest BCUT2D eigenvalue weighted by Gasteiger charge is -2.12. The van der Waals surface area contributed by atoms with Gasteiger partial charge in [0.25, 0.3) is 0 Å². The second kappa shape index (κ2) is 4.57. The van der Waals surface area contributed by atoms with Gasteiger partial charge in [-0.05, 0) is 25.0 Å². The Kier molecular flexibility index (Phi) is 3.16. The normalized spacial score (nSPS) is 16.5. The van der Waals surface area contributed by atoms with Crippen LogP contribution in [0.15, 0.2) is 18.3 Å². The van der Waals surface area contributed by atoms with Gasteiger partial charge in [-0.1, -0.05) is 25.1 Å². The van der Waals surface area contributed by atoms with E-state index < -0.39 is 0 Å². The van der Waals surface area contributed by atoms with Crippen LogP contribution < -0.4 is 11.1 Å². The first-order valence-electron chi connectivity index (χ1n) is 5.28. The van der Waals surface area contributed by atoms with Crippen molar-refractivity contribution in [2.75, 3.05) is 5.32 Å². The van der Waals surface area contributed by atoms with Crippen LogP contribution in [0.5, 0.6) is 0 Å². The molecule has 0 saturated heterocycles. The Hall–Kier alpha value is -1.16. The lowest BCUT2D eigenvalue weighted by atomic mass is 10.2. The van der Waals surface area contributed by atoms with Gasteiger partial charge in [0, 0.05) is 17.8 Å². The maximum Gasteiger partial charge on any atom is 0.126 e. The molecule has 0 aromatic carbocycles. The summed E-state index contributed by atoms with van der Waals surface area (Å²) in [6.07, 6.45) is 6.86. The Morgan fingerprint density at radius 2 is 2.13 bits per heavy atom. The van der Waals surface area contributed by atoms with Crippen LogP contribution in [0.2, 0.25) is 0 Å². The van der Waals surface area contributed by atoms with Crippen molar-refractivity contribution in [3.8, 4) is 0 Å². The van der Waals surface area contributed by atoms with Crippen molar-refractivity contribution in [3.05, 3.63) is 23.9 Å². The summed E-state index contributed by atoms with van der Waals surface area (Å²) in [6, 6.07) is 4.44. The first kappa shape index (κ1) is 10.4. The van der Waals surface area contributed by atoms with Crippen molar-refractivity contribution < 1.29 is 0 Å². The molecule has 0 atom stereocenters. The Bertz CT molecular complexity index is 341. The van der Waals surface area contributed by atoms with Crippen molar-refractivity contribution in [2.45, 2.75) is 31.7 Å². The molecule has 1 aliphatic carbocycles. The first-order chi connectivity index (χ1) is 7.25. The van der Waals surface area contributed by atoms with Crippen LogP contribution >= 0.6 is 12.2 Å². The highest BCUT2D eigenvalue weighted by Crippen LogP contribution is 2.21. The molecular formula is C11H15N3S. The molecule has 4 heteroatoms. The highest BCUT2D eigenvalue weighted by atomic mass is 32.1. The largest absolute Gasteiger partial charge is 0.389 e. The number of rotatable bonds is 3. The molecule has 1 aliphatic rings. The fraction of sp³-hybridized carbons (Fsp3) is 0.455. The third-order valence-corrected chi connectivity index (χ3v) is 2.99. The van der Waals surface area contributed by atoms with Crippen LogP contribution in [0.25, 0.3) is 0 Å². The predicted molar refractivity (Wildman–Crippen MR) is 66.0 cm³/mol. The highest BCUT2D eigenvalue weighted by molar-refractivity contribution is 7.80. The van der Waals surface area contributed by atoms with E-state index >= 15 is 0 Å². The molecule has 3 N–H and O–H groups in total. The van der Waals surface area contributed by atoms with Gasteiger partial charge in [0.1, 0.15) is 10.8 Å². The van der Waals surface area contributed by atoms with Crippen molar-refractivity contribution >= 4 is 23.0 Å². The van der Waals surface area contributed by atoms with Gasteiger partial charge in [-0.3, -0.25) is 0 Å². The summed E-state index contributed by atoms with van der Waals surface area (Å²) in [5.41, 5.74) is 6.32. The molecular weight excluding hydrogens is 206 g/mol. The van der Waals surface area contributed by atoms with E-state index in [9.17, 15) is 0 Å². The minimum atomic E-state index is 0.398. The van der Waals surface area contributed by atoms with Gasteiger partial charge in [-0.25, -0.2) is 4.98 Å². The molecule has 3 nitrogen and oxygen atoms in total. The van der Waals surface area contributed by atoms with E-state index in [1.165, 1.54) is 25.7 Å². The van der Waals surface area contributed by atoms with Gasteiger partial charge in [-0.2, -0.15) is 0 Å². The van der Waals surface area contributed by atoms with Crippen molar-refractivity contribution in [1.29, 1.82) is 0 Å².